The van der Waals surface area contributed by atoms with Gasteiger partial charge in [0, 0.05) is 13.1 Å². The molecule has 2 rings (SSSR count). The number of anilines is 1. The smallest absolute Gasteiger partial charge is 0.243 e. The van der Waals surface area contributed by atoms with Crippen molar-refractivity contribution in [2.75, 3.05) is 12.8 Å². The van der Waals surface area contributed by atoms with Crippen LogP contribution in [0.15, 0.2) is 23.1 Å². The molecule has 0 aliphatic heterocycles. The van der Waals surface area contributed by atoms with Crippen LogP contribution in [0.25, 0.3) is 0 Å². The molecule has 0 saturated heterocycles. The SMILES string of the molecule is CC1CCCCC1N(C)S(=O)(=O)c1ccc(Cl)c(N)c1. The third kappa shape index (κ3) is 2.95. The van der Waals surface area contributed by atoms with Crippen LogP contribution >= 0.6 is 11.6 Å². The van der Waals surface area contributed by atoms with Crippen molar-refractivity contribution in [3.05, 3.63) is 23.2 Å². The molecule has 0 heterocycles. The minimum atomic E-state index is -3.52. The van der Waals surface area contributed by atoms with E-state index in [0.717, 1.165) is 19.3 Å². The summed E-state index contributed by atoms with van der Waals surface area (Å²) in [6.45, 7) is 2.12. The summed E-state index contributed by atoms with van der Waals surface area (Å²) in [5.41, 5.74) is 6.00. The van der Waals surface area contributed by atoms with Gasteiger partial charge in [0.2, 0.25) is 10.0 Å². The van der Waals surface area contributed by atoms with E-state index < -0.39 is 10.0 Å². The Kier molecular flexibility index (Phi) is 4.62. The first-order chi connectivity index (χ1) is 9.34. The normalized spacial score (nSPS) is 24.0. The van der Waals surface area contributed by atoms with E-state index in [1.54, 1.807) is 7.05 Å². The largest absolute Gasteiger partial charge is 0.397 e. The van der Waals surface area contributed by atoms with Crippen LogP contribution in [0.2, 0.25) is 5.02 Å². The first kappa shape index (κ1) is 15.6. The maximum absolute atomic E-state index is 12.7. The lowest BCUT2D eigenvalue weighted by Crippen LogP contribution is -2.42. The van der Waals surface area contributed by atoms with Gasteiger partial charge in [0.15, 0.2) is 0 Å². The lowest BCUT2D eigenvalue weighted by molar-refractivity contribution is 0.213. The number of nitrogens with two attached hydrogens (primary N) is 1. The van der Waals surface area contributed by atoms with Crippen molar-refractivity contribution in [1.82, 2.24) is 4.31 Å². The molecule has 4 nitrogen and oxygen atoms in total. The Hall–Kier alpha value is -0.780. The fourth-order valence-electron chi connectivity index (χ4n) is 2.86. The molecular weight excluding hydrogens is 296 g/mol. The summed E-state index contributed by atoms with van der Waals surface area (Å²) in [6.07, 6.45) is 4.25. The van der Waals surface area contributed by atoms with Gasteiger partial charge in [-0.15, -0.1) is 0 Å². The van der Waals surface area contributed by atoms with E-state index in [0.29, 0.717) is 10.9 Å². The second-order valence-corrected chi connectivity index (χ2v) is 7.94. The molecule has 6 heteroatoms. The molecule has 2 atom stereocenters. The van der Waals surface area contributed by atoms with Crippen LogP contribution in [0.1, 0.15) is 32.6 Å². The molecule has 2 N–H and O–H groups in total. The van der Waals surface area contributed by atoms with Gasteiger partial charge in [-0.1, -0.05) is 31.4 Å². The van der Waals surface area contributed by atoms with E-state index in [4.69, 9.17) is 17.3 Å². The Morgan fingerprint density at radius 3 is 2.55 bits per heavy atom. The molecule has 1 aliphatic carbocycles. The lowest BCUT2D eigenvalue weighted by atomic mass is 9.86. The molecule has 112 valence electrons. The molecule has 0 amide bonds. The number of hydrogen-bond acceptors (Lipinski definition) is 3. The Balaban J connectivity index is 2.31. The standard InChI is InChI=1S/C14H21ClN2O2S/c1-10-5-3-4-6-14(10)17(2)20(18,19)11-7-8-12(15)13(16)9-11/h7-10,14H,3-6,16H2,1-2H3. The van der Waals surface area contributed by atoms with Crippen molar-refractivity contribution < 1.29 is 8.42 Å². The van der Waals surface area contributed by atoms with Crippen LogP contribution in [0, 0.1) is 5.92 Å². The molecule has 1 aliphatic rings. The Labute approximate surface area is 126 Å². The van der Waals surface area contributed by atoms with Gasteiger partial charge in [0.25, 0.3) is 0 Å². The number of rotatable bonds is 3. The van der Waals surface area contributed by atoms with E-state index in [1.165, 1.54) is 28.9 Å². The van der Waals surface area contributed by atoms with Crippen LogP contribution < -0.4 is 5.73 Å². The molecular formula is C14H21ClN2O2S. The summed E-state index contributed by atoms with van der Waals surface area (Å²) >= 11 is 5.85. The zero-order valence-electron chi connectivity index (χ0n) is 11.8. The van der Waals surface area contributed by atoms with Crippen LogP contribution in [-0.4, -0.2) is 25.8 Å². The molecule has 1 fully saturated rings. The van der Waals surface area contributed by atoms with Crippen LogP contribution in [0.3, 0.4) is 0 Å². The van der Waals surface area contributed by atoms with E-state index in [9.17, 15) is 8.42 Å². The van der Waals surface area contributed by atoms with Crippen molar-refractivity contribution >= 4 is 27.3 Å². The second kappa shape index (κ2) is 5.92. The van der Waals surface area contributed by atoms with Crippen LogP contribution in [-0.2, 0) is 10.0 Å². The van der Waals surface area contributed by atoms with Crippen LogP contribution in [0.5, 0.6) is 0 Å². The molecule has 1 aromatic carbocycles. The Morgan fingerprint density at radius 2 is 1.95 bits per heavy atom. The minimum Gasteiger partial charge on any atom is -0.397 e. The highest BCUT2D eigenvalue weighted by Gasteiger charge is 2.33. The molecule has 1 aromatic rings. The number of sulfonamides is 1. The summed E-state index contributed by atoms with van der Waals surface area (Å²) in [7, 11) is -1.86. The van der Waals surface area contributed by atoms with E-state index in [2.05, 4.69) is 6.92 Å². The number of nitrogen functional groups attached to an aromatic ring is 1. The second-order valence-electron chi connectivity index (χ2n) is 5.53. The number of hydrogen-bond donors (Lipinski definition) is 1. The minimum absolute atomic E-state index is 0.0608. The molecule has 0 bridgehead atoms. The van der Waals surface area contributed by atoms with Gasteiger partial charge in [-0.25, -0.2) is 8.42 Å². The zero-order valence-corrected chi connectivity index (χ0v) is 13.4. The average Bonchev–Trinajstić information content (AvgIpc) is 2.41. The van der Waals surface area contributed by atoms with Crippen molar-refractivity contribution in [3.8, 4) is 0 Å². The lowest BCUT2D eigenvalue weighted by Gasteiger charge is -2.35. The monoisotopic (exact) mass is 316 g/mol. The van der Waals surface area contributed by atoms with E-state index in [1.807, 2.05) is 0 Å². The number of halogens is 1. The summed E-state index contributed by atoms with van der Waals surface area (Å²) in [4.78, 5) is 0.208. The van der Waals surface area contributed by atoms with Crippen LogP contribution in [0.4, 0.5) is 5.69 Å². The molecule has 0 aromatic heterocycles. The maximum Gasteiger partial charge on any atom is 0.243 e. The van der Waals surface area contributed by atoms with Gasteiger partial charge in [-0.3, -0.25) is 0 Å². The highest BCUT2D eigenvalue weighted by molar-refractivity contribution is 7.89. The van der Waals surface area contributed by atoms with Gasteiger partial charge in [0.1, 0.15) is 0 Å². The van der Waals surface area contributed by atoms with Crippen molar-refractivity contribution in [2.24, 2.45) is 5.92 Å². The van der Waals surface area contributed by atoms with E-state index >= 15 is 0 Å². The topological polar surface area (TPSA) is 63.4 Å². The molecule has 2 unspecified atom stereocenters. The molecule has 20 heavy (non-hydrogen) atoms. The third-order valence-electron chi connectivity index (χ3n) is 4.18. The summed E-state index contributed by atoms with van der Waals surface area (Å²) in [5.74, 6) is 0.383. The predicted molar refractivity (Wildman–Crippen MR) is 82.2 cm³/mol. The molecule has 0 spiro atoms. The van der Waals surface area contributed by atoms with Gasteiger partial charge in [0.05, 0.1) is 15.6 Å². The highest BCUT2D eigenvalue weighted by Crippen LogP contribution is 2.31. The van der Waals surface area contributed by atoms with E-state index in [-0.39, 0.29) is 16.6 Å². The zero-order chi connectivity index (χ0) is 14.9. The summed E-state index contributed by atoms with van der Waals surface area (Å²) in [5, 5.41) is 0.373. The van der Waals surface area contributed by atoms with Crippen molar-refractivity contribution in [1.29, 1.82) is 0 Å². The Bertz CT molecular complexity index is 589. The van der Waals surface area contributed by atoms with Gasteiger partial charge >= 0.3 is 0 Å². The van der Waals surface area contributed by atoms with Gasteiger partial charge in [-0.05, 0) is 37.0 Å². The fourth-order valence-corrected chi connectivity index (χ4v) is 4.50. The summed E-state index contributed by atoms with van der Waals surface area (Å²) in [6, 6.07) is 4.53. The van der Waals surface area contributed by atoms with Gasteiger partial charge in [-0.2, -0.15) is 4.31 Å². The average molecular weight is 317 g/mol. The third-order valence-corrected chi connectivity index (χ3v) is 6.40. The molecule has 0 radical (unpaired) electrons. The summed E-state index contributed by atoms with van der Waals surface area (Å²) < 4.78 is 26.8. The van der Waals surface area contributed by atoms with Crippen molar-refractivity contribution in [2.45, 2.75) is 43.5 Å². The Morgan fingerprint density at radius 1 is 1.30 bits per heavy atom. The quantitative estimate of drug-likeness (QED) is 0.871. The maximum atomic E-state index is 12.7. The molecule has 1 saturated carbocycles. The van der Waals surface area contributed by atoms with Crippen molar-refractivity contribution in [3.63, 3.8) is 0 Å². The fraction of sp³-hybridized carbons (Fsp3) is 0.571. The predicted octanol–water partition coefficient (Wildman–Crippen LogP) is 3.12. The first-order valence-electron chi connectivity index (χ1n) is 6.87. The highest BCUT2D eigenvalue weighted by atomic mass is 35.5. The number of nitrogens with zero attached hydrogens (tertiary/aromatic N) is 1. The van der Waals surface area contributed by atoms with Gasteiger partial charge < -0.3 is 5.73 Å². The number of benzene rings is 1. The first-order valence-corrected chi connectivity index (χ1v) is 8.69.